The van der Waals surface area contributed by atoms with Gasteiger partial charge in [0.2, 0.25) is 0 Å². The lowest BCUT2D eigenvalue weighted by atomic mass is 10.1. The van der Waals surface area contributed by atoms with Gasteiger partial charge in [-0.1, -0.05) is 47.7 Å². The number of nitrogens with zero attached hydrogens (tertiary/aromatic N) is 4. The topological polar surface area (TPSA) is 63.1 Å². The van der Waals surface area contributed by atoms with Crippen LogP contribution in [0, 0.1) is 5.92 Å². The number of aromatic nitrogens is 3. The van der Waals surface area contributed by atoms with Crippen LogP contribution in [0.4, 0.5) is 5.69 Å². The van der Waals surface area contributed by atoms with E-state index in [4.69, 9.17) is 0 Å². The summed E-state index contributed by atoms with van der Waals surface area (Å²) in [5.41, 5.74) is 4.92. The number of carbonyl (C=O) groups excluding carboxylic acids is 1. The van der Waals surface area contributed by atoms with Crippen LogP contribution in [-0.4, -0.2) is 40.5 Å². The number of rotatable bonds is 6. The molecule has 1 amide bonds. The van der Waals surface area contributed by atoms with Crippen molar-refractivity contribution in [3.8, 4) is 0 Å². The molecular formula is C25H25N5O. The van der Waals surface area contributed by atoms with E-state index in [9.17, 15) is 4.79 Å². The zero-order chi connectivity index (χ0) is 21.0. The minimum absolute atomic E-state index is 0.0177. The third-order valence-electron chi connectivity index (χ3n) is 5.93. The highest BCUT2D eigenvalue weighted by Crippen LogP contribution is 2.23. The first kappa shape index (κ1) is 19.3. The van der Waals surface area contributed by atoms with Crippen LogP contribution >= 0.6 is 0 Å². The van der Waals surface area contributed by atoms with Gasteiger partial charge in [0.15, 0.2) is 0 Å². The average Bonchev–Trinajstić information content (AvgIpc) is 3.46. The third-order valence-corrected chi connectivity index (χ3v) is 5.93. The second-order valence-electron chi connectivity index (χ2n) is 8.08. The summed E-state index contributed by atoms with van der Waals surface area (Å²) in [6, 6.07) is 26.1. The van der Waals surface area contributed by atoms with E-state index in [-0.39, 0.29) is 5.91 Å². The van der Waals surface area contributed by atoms with Gasteiger partial charge in [-0.05, 0) is 54.3 Å². The molecule has 1 aliphatic rings. The lowest BCUT2D eigenvalue weighted by Crippen LogP contribution is -2.31. The van der Waals surface area contributed by atoms with Crippen LogP contribution in [0.2, 0.25) is 0 Å². The van der Waals surface area contributed by atoms with Gasteiger partial charge in [-0.25, -0.2) is 4.68 Å². The molecular weight excluding hydrogens is 386 g/mol. The van der Waals surface area contributed by atoms with Gasteiger partial charge in [0.1, 0.15) is 5.52 Å². The first-order chi connectivity index (χ1) is 15.3. The van der Waals surface area contributed by atoms with Gasteiger partial charge in [-0.2, -0.15) is 0 Å². The van der Waals surface area contributed by atoms with Crippen molar-refractivity contribution in [1.82, 2.24) is 20.3 Å². The molecule has 6 nitrogen and oxygen atoms in total. The monoisotopic (exact) mass is 411 g/mol. The molecule has 0 saturated carbocycles. The summed E-state index contributed by atoms with van der Waals surface area (Å²) in [5.74, 6) is 0.458. The van der Waals surface area contributed by atoms with Gasteiger partial charge >= 0.3 is 0 Å². The van der Waals surface area contributed by atoms with Crippen molar-refractivity contribution in [3.63, 3.8) is 0 Å². The predicted molar refractivity (Wildman–Crippen MR) is 122 cm³/mol. The van der Waals surface area contributed by atoms with Crippen LogP contribution in [0.1, 0.15) is 22.3 Å². The Hall–Kier alpha value is -3.67. The molecule has 1 atom stereocenters. The molecule has 1 saturated heterocycles. The molecule has 3 aromatic carbocycles. The SMILES string of the molecule is O=C(NCC1CCN(c2ccccc2)C1)c1ccc(Cn2nnc3ccccc32)cc1. The quantitative estimate of drug-likeness (QED) is 0.525. The number of fused-ring (bicyclic) bond motifs is 1. The highest BCUT2D eigenvalue weighted by Gasteiger charge is 2.23. The van der Waals surface area contributed by atoms with Crippen LogP contribution in [0.3, 0.4) is 0 Å². The minimum atomic E-state index is -0.0177. The van der Waals surface area contributed by atoms with Crippen molar-refractivity contribution in [2.24, 2.45) is 5.92 Å². The van der Waals surface area contributed by atoms with Gasteiger partial charge in [-0.3, -0.25) is 4.79 Å². The van der Waals surface area contributed by atoms with Crippen LogP contribution in [0.5, 0.6) is 0 Å². The maximum atomic E-state index is 12.6. The number of hydrogen-bond donors (Lipinski definition) is 1. The van der Waals surface area contributed by atoms with Gasteiger partial charge in [0, 0.05) is 30.9 Å². The molecule has 6 heteroatoms. The minimum Gasteiger partial charge on any atom is -0.371 e. The van der Waals surface area contributed by atoms with E-state index in [0.29, 0.717) is 24.6 Å². The molecule has 0 aliphatic carbocycles. The molecule has 31 heavy (non-hydrogen) atoms. The van der Waals surface area contributed by atoms with E-state index in [2.05, 4.69) is 44.8 Å². The van der Waals surface area contributed by atoms with E-state index in [0.717, 1.165) is 36.1 Å². The molecule has 1 fully saturated rings. The summed E-state index contributed by atoms with van der Waals surface area (Å²) < 4.78 is 1.88. The zero-order valence-corrected chi connectivity index (χ0v) is 17.3. The second-order valence-corrected chi connectivity index (χ2v) is 8.08. The number of anilines is 1. The highest BCUT2D eigenvalue weighted by molar-refractivity contribution is 5.94. The Morgan fingerprint density at radius 1 is 0.968 bits per heavy atom. The van der Waals surface area contributed by atoms with Crippen LogP contribution in [0.25, 0.3) is 11.0 Å². The Balaban J connectivity index is 1.15. The lowest BCUT2D eigenvalue weighted by Gasteiger charge is -2.18. The second kappa shape index (κ2) is 8.60. The first-order valence-corrected chi connectivity index (χ1v) is 10.7. The molecule has 1 aromatic heterocycles. The van der Waals surface area contributed by atoms with Crippen molar-refractivity contribution in [1.29, 1.82) is 0 Å². The summed E-state index contributed by atoms with van der Waals surface area (Å²) >= 11 is 0. The van der Waals surface area contributed by atoms with Crippen molar-refractivity contribution in [3.05, 3.63) is 90.0 Å². The van der Waals surface area contributed by atoms with Crippen molar-refractivity contribution < 1.29 is 4.79 Å². The third kappa shape index (κ3) is 4.28. The maximum absolute atomic E-state index is 12.6. The van der Waals surface area contributed by atoms with E-state index < -0.39 is 0 Å². The van der Waals surface area contributed by atoms with Crippen LogP contribution in [0.15, 0.2) is 78.9 Å². The summed E-state index contributed by atoms with van der Waals surface area (Å²) in [5, 5.41) is 11.5. The maximum Gasteiger partial charge on any atom is 0.251 e. The number of hydrogen-bond acceptors (Lipinski definition) is 4. The Bertz CT molecular complexity index is 1170. The Labute approximate surface area is 181 Å². The normalized spacial score (nSPS) is 16.0. The van der Waals surface area contributed by atoms with Crippen molar-refractivity contribution in [2.75, 3.05) is 24.5 Å². The molecule has 1 aliphatic heterocycles. The molecule has 0 spiro atoms. The largest absolute Gasteiger partial charge is 0.371 e. The molecule has 1 unspecified atom stereocenters. The standard InChI is InChI=1S/C25H25N5O/c31-25(26-16-20-14-15-29(17-20)22-6-2-1-3-7-22)21-12-10-19(11-13-21)18-30-24-9-5-4-8-23(24)27-28-30/h1-13,20H,14-18H2,(H,26,31). The van der Waals surface area contributed by atoms with Crippen LogP contribution < -0.4 is 10.2 Å². The number of amides is 1. The lowest BCUT2D eigenvalue weighted by molar-refractivity contribution is 0.0948. The summed E-state index contributed by atoms with van der Waals surface area (Å²) in [7, 11) is 0. The fourth-order valence-electron chi connectivity index (χ4n) is 4.18. The van der Waals surface area contributed by atoms with Gasteiger partial charge < -0.3 is 10.2 Å². The van der Waals surface area contributed by atoms with E-state index in [1.165, 1.54) is 5.69 Å². The summed E-state index contributed by atoms with van der Waals surface area (Å²) in [6.45, 7) is 3.35. The summed E-state index contributed by atoms with van der Waals surface area (Å²) in [4.78, 5) is 15.0. The molecule has 2 heterocycles. The van der Waals surface area contributed by atoms with E-state index >= 15 is 0 Å². The number of benzene rings is 3. The molecule has 1 N–H and O–H groups in total. The predicted octanol–water partition coefficient (Wildman–Crippen LogP) is 3.74. The Kier molecular flexibility index (Phi) is 5.35. The first-order valence-electron chi connectivity index (χ1n) is 10.7. The highest BCUT2D eigenvalue weighted by atomic mass is 16.1. The van der Waals surface area contributed by atoms with Gasteiger partial charge in [-0.15, -0.1) is 5.10 Å². The van der Waals surface area contributed by atoms with E-state index in [1.807, 2.05) is 59.3 Å². The molecule has 0 radical (unpaired) electrons. The number of carbonyl (C=O) groups is 1. The Morgan fingerprint density at radius 3 is 2.58 bits per heavy atom. The van der Waals surface area contributed by atoms with Crippen molar-refractivity contribution in [2.45, 2.75) is 13.0 Å². The Morgan fingerprint density at radius 2 is 1.74 bits per heavy atom. The molecule has 4 aromatic rings. The number of nitrogens with one attached hydrogen (secondary N) is 1. The summed E-state index contributed by atoms with van der Waals surface area (Å²) in [6.07, 6.45) is 1.10. The van der Waals surface area contributed by atoms with Crippen molar-refractivity contribution >= 4 is 22.6 Å². The van der Waals surface area contributed by atoms with Crippen LogP contribution in [-0.2, 0) is 6.54 Å². The fraction of sp³-hybridized carbons (Fsp3) is 0.240. The zero-order valence-electron chi connectivity index (χ0n) is 17.3. The van der Waals surface area contributed by atoms with Gasteiger partial charge in [0.05, 0.1) is 12.1 Å². The number of para-hydroxylation sites is 2. The molecule has 5 rings (SSSR count). The smallest absolute Gasteiger partial charge is 0.251 e. The molecule has 156 valence electrons. The van der Waals surface area contributed by atoms with Gasteiger partial charge in [0.25, 0.3) is 5.91 Å². The molecule has 0 bridgehead atoms. The fourth-order valence-corrected chi connectivity index (χ4v) is 4.18. The average molecular weight is 412 g/mol. The van der Waals surface area contributed by atoms with E-state index in [1.54, 1.807) is 0 Å².